The lowest BCUT2D eigenvalue weighted by Gasteiger charge is -2.19. The van der Waals surface area contributed by atoms with Gasteiger partial charge in [-0.2, -0.15) is 0 Å². The summed E-state index contributed by atoms with van der Waals surface area (Å²) in [4.78, 5) is 15.4. The van der Waals surface area contributed by atoms with Crippen molar-refractivity contribution in [3.63, 3.8) is 0 Å². The van der Waals surface area contributed by atoms with Crippen LogP contribution in [0.5, 0.6) is 0 Å². The molecule has 72 valence electrons. The summed E-state index contributed by atoms with van der Waals surface area (Å²) in [5, 5.41) is 4.77. The number of aromatic nitrogens is 1. The summed E-state index contributed by atoms with van der Waals surface area (Å²) in [5.74, 6) is 0.0263. The third-order valence-electron chi connectivity index (χ3n) is 1.34. The first-order valence-corrected chi connectivity index (χ1v) is 5.10. The molecule has 0 atom stereocenters. The van der Waals surface area contributed by atoms with E-state index in [-0.39, 0.29) is 11.4 Å². The summed E-state index contributed by atoms with van der Waals surface area (Å²) in [6, 6.07) is 0. The van der Waals surface area contributed by atoms with Crippen LogP contribution in [0, 0.1) is 0 Å². The van der Waals surface area contributed by atoms with Crippen LogP contribution >= 0.6 is 11.3 Å². The second-order valence-corrected chi connectivity index (χ2v) is 4.67. The molecule has 1 amide bonds. The monoisotopic (exact) mass is 198 g/mol. The number of rotatable bonds is 2. The third kappa shape index (κ3) is 4.03. The van der Waals surface area contributed by atoms with Crippen LogP contribution in [-0.2, 0) is 11.2 Å². The van der Waals surface area contributed by atoms with Crippen molar-refractivity contribution in [3.8, 4) is 0 Å². The van der Waals surface area contributed by atoms with E-state index in [9.17, 15) is 4.79 Å². The fourth-order valence-electron chi connectivity index (χ4n) is 0.952. The molecular weight excluding hydrogens is 184 g/mol. The quantitative estimate of drug-likeness (QED) is 0.784. The highest BCUT2D eigenvalue weighted by Crippen LogP contribution is 2.04. The second kappa shape index (κ2) is 3.87. The van der Waals surface area contributed by atoms with E-state index in [0.717, 1.165) is 5.69 Å². The van der Waals surface area contributed by atoms with Crippen LogP contribution in [0.3, 0.4) is 0 Å². The summed E-state index contributed by atoms with van der Waals surface area (Å²) in [5.41, 5.74) is 2.42. The molecule has 0 bridgehead atoms. The normalized spacial score (nSPS) is 11.3. The number of nitrogens with one attached hydrogen (secondary N) is 1. The van der Waals surface area contributed by atoms with Gasteiger partial charge in [-0.05, 0) is 20.8 Å². The van der Waals surface area contributed by atoms with Crippen molar-refractivity contribution in [1.29, 1.82) is 0 Å². The Bertz CT molecular complexity index is 274. The summed E-state index contributed by atoms with van der Waals surface area (Å²) < 4.78 is 0. The minimum atomic E-state index is -0.160. The standard InChI is InChI=1S/C9H14N2OS/c1-9(2,3)11-8(12)4-7-5-13-6-10-7/h5-6H,4H2,1-3H3,(H,11,12). The maximum absolute atomic E-state index is 11.4. The molecule has 0 aliphatic carbocycles. The molecule has 0 saturated carbocycles. The highest BCUT2D eigenvalue weighted by atomic mass is 32.1. The lowest BCUT2D eigenvalue weighted by molar-refractivity contribution is -0.121. The van der Waals surface area contributed by atoms with Gasteiger partial charge in [0.25, 0.3) is 0 Å². The zero-order chi connectivity index (χ0) is 9.90. The summed E-state index contributed by atoms with van der Waals surface area (Å²) in [6.45, 7) is 5.89. The third-order valence-corrected chi connectivity index (χ3v) is 1.97. The predicted octanol–water partition coefficient (Wildman–Crippen LogP) is 1.60. The molecule has 0 aromatic carbocycles. The van der Waals surface area contributed by atoms with Gasteiger partial charge < -0.3 is 5.32 Å². The van der Waals surface area contributed by atoms with Crippen molar-refractivity contribution in [2.45, 2.75) is 32.7 Å². The Morgan fingerprint density at radius 1 is 1.62 bits per heavy atom. The Balaban J connectivity index is 2.43. The highest BCUT2D eigenvalue weighted by molar-refractivity contribution is 7.07. The molecule has 0 aliphatic heterocycles. The Morgan fingerprint density at radius 3 is 2.77 bits per heavy atom. The summed E-state index contributed by atoms with van der Waals surface area (Å²) in [7, 11) is 0. The molecule has 1 rings (SSSR count). The first kappa shape index (κ1) is 10.2. The molecule has 0 saturated heterocycles. The smallest absolute Gasteiger partial charge is 0.226 e. The van der Waals surface area contributed by atoms with Gasteiger partial charge in [-0.1, -0.05) is 0 Å². The molecule has 0 aliphatic rings. The van der Waals surface area contributed by atoms with Crippen LogP contribution < -0.4 is 5.32 Å². The van der Waals surface area contributed by atoms with Gasteiger partial charge in [-0.25, -0.2) is 4.98 Å². The Kier molecular flexibility index (Phi) is 3.03. The van der Waals surface area contributed by atoms with Gasteiger partial charge in [0.1, 0.15) is 0 Å². The van der Waals surface area contributed by atoms with Crippen molar-refractivity contribution in [2.75, 3.05) is 0 Å². The molecule has 0 unspecified atom stereocenters. The van der Waals surface area contributed by atoms with Crippen molar-refractivity contribution in [3.05, 3.63) is 16.6 Å². The molecule has 1 aromatic heterocycles. The molecule has 0 spiro atoms. The molecule has 1 heterocycles. The number of amides is 1. The number of nitrogens with zero attached hydrogens (tertiary/aromatic N) is 1. The fraction of sp³-hybridized carbons (Fsp3) is 0.556. The second-order valence-electron chi connectivity index (χ2n) is 3.95. The van der Waals surface area contributed by atoms with Crippen LogP contribution in [0.15, 0.2) is 10.9 Å². The Labute approximate surface area is 82.2 Å². The van der Waals surface area contributed by atoms with Gasteiger partial charge >= 0.3 is 0 Å². The van der Waals surface area contributed by atoms with Gasteiger partial charge in [-0.15, -0.1) is 11.3 Å². The van der Waals surface area contributed by atoms with Gasteiger partial charge in [-0.3, -0.25) is 4.79 Å². The molecule has 13 heavy (non-hydrogen) atoms. The van der Waals surface area contributed by atoms with Crippen molar-refractivity contribution in [2.24, 2.45) is 0 Å². The Morgan fingerprint density at radius 2 is 2.31 bits per heavy atom. The minimum Gasteiger partial charge on any atom is -0.351 e. The molecule has 4 heteroatoms. The van der Waals surface area contributed by atoms with E-state index in [4.69, 9.17) is 0 Å². The maximum Gasteiger partial charge on any atom is 0.226 e. The summed E-state index contributed by atoms with van der Waals surface area (Å²) in [6.07, 6.45) is 0.376. The van der Waals surface area contributed by atoms with Gasteiger partial charge in [0.15, 0.2) is 0 Å². The van der Waals surface area contributed by atoms with Crippen LogP contribution in [-0.4, -0.2) is 16.4 Å². The van der Waals surface area contributed by atoms with E-state index in [1.807, 2.05) is 26.2 Å². The Hall–Kier alpha value is -0.900. The van der Waals surface area contributed by atoms with Crippen LogP contribution in [0.25, 0.3) is 0 Å². The lowest BCUT2D eigenvalue weighted by Crippen LogP contribution is -2.41. The van der Waals surface area contributed by atoms with E-state index in [0.29, 0.717) is 6.42 Å². The number of carbonyl (C=O) groups excluding carboxylic acids is 1. The number of hydrogen-bond donors (Lipinski definition) is 1. The first-order valence-electron chi connectivity index (χ1n) is 4.15. The summed E-state index contributed by atoms with van der Waals surface area (Å²) >= 11 is 1.51. The van der Waals surface area contributed by atoms with E-state index in [2.05, 4.69) is 10.3 Å². The minimum absolute atomic E-state index is 0.0263. The fourth-order valence-corrected chi connectivity index (χ4v) is 1.51. The number of carbonyl (C=O) groups is 1. The number of thiazole rings is 1. The molecule has 1 aromatic rings. The van der Waals surface area contributed by atoms with Crippen molar-refractivity contribution >= 4 is 17.2 Å². The van der Waals surface area contributed by atoms with E-state index in [1.165, 1.54) is 11.3 Å². The maximum atomic E-state index is 11.4. The zero-order valence-electron chi connectivity index (χ0n) is 8.13. The average molecular weight is 198 g/mol. The van der Waals surface area contributed by atoms with Crippen LogP contribution in [0.4, 0.5) is 0 Å². The van der Waals surface area contributed by atoms with Crippen molar-refractivity contribution < 1.29 is 4.79 Å². The van der Waals surface area contributed by atoms with Crippen LogP contribution in [0.1, 0.15) is 26.5 Å². The molecule has 3 nitrogen and oxygen atoms in total. The largest absolute Gasteiger partial charge is 0.351 e. The van der Waals surface area contributed by atoms with Gasteiger partial charge in [0.2, 0.25) is 5.91 Å². The van der Waals surface area contributed by atoms with Crippen LogP contribution in [0.2, 0.25) is 0 Å². The van der Waals surface area contributed by atoms with Gasteiger partial charge in [0, 0.05) is 10.9 Å². The highest BCUT2D eigenvalue weighted by Gasteiger charge is 2.14. The molecular formula is C9H14N2OS. The van der Waals surface area contributed by atoms with Crippen molar-refractivity contribution in [1.82, 2.24) is 10.3 Å². The molecule has 0 fully saturated rings. The van der Waals surface area contributed by atoms with Gasteiger partial charge in [0.05, 0.1) is 17.6 Å². The zero-order valence-corrected chi connectivity index (χ0v) is 8.94. The first-order chi connectivity index (χ1) is 5.97. The van der Waals surface area contributed by atoms with E-state index in [1.54, 1.807) is 5.51 Å². The number of hydrogen-bond acceptors (Lipinski definition) is 3. The predicted molar refractivity (Wildman–Crippen MR) is 53.7 cm³/mol. The topological polar surface area (TPSA) is 42.0 Å². The molecule has 1 N–H and O–H groups in total. The average Bonchev–Trinajstić information content (AvgIpc) is 2.34. The lowest BCUT2D eigenvalue weighted by atomic mass is 10.1. The molecule has 0 radical (unpaired) electrons. The van der Waals surface area contributed by atoms with E-state index < -0.39 is 0 Å². The SMILES string of the molecule is CC(C)(C)NC(=O)Cc1cscn1. The van der Waals surface area contributed by atoms with E-state index >= 15 is 0 Å².